The lowest BCUT2D eigenvalue weighted by molar-refractivity contribution is 0.0936. The van der Waals surface area contributed by atoms with Gasteiger partial charge in [-0.1, -0.05) is 30.3 Å². The molecular formula is C24H26N4O2. The van der Waals surface area contributed by atoms with E-state index in [1.165, 1.54) is 6.07 Å². The molecule has 1 aliphatic rings. The molecular weight excluding hydrogens is 376 g/mol. The smallest absolute Gasteiger partial charge is 0.251 e. The Kier molecular flexibility index (Phi) is 5.65. The third-order valence-electron chi connectivity index (χ3n) is 5.34. The Hall–Kier alpha value is -3.41. The van der Waals surface area contributed by atoms with Gasteiger partial charge >= 0.3 is 0 Å². The van der Waals surface area contributed by atoms with Gasteiger partial charge in [-0.05, 0) is 42.7 Å². The fraction of sp³-hybridized carbons (Fsp3) is 0.292. The van der Waals surface area contributed by atoms with Crippen molar-refractivity contribution in [3.8, 4) is 0 Å². The summed E-state index contributed by atoms with van der Waals surface area (Å²) in [4.78, 5) is 34.5. The molecule has 0 saturated heterocycles. The molecule has 1 unspecified atom stereocenters. The van der Waals surface area contributed by atoms with Crippen molar-refractivity contribution < 1.29 is 4.79 Å². The number of anilines is 1. The lowest BCUT2D eigenvalue weighted by atomic mass is 10.0. The number of rotatable bonds is 7. The maximum atomic E-state index is 12.9. The molecule has 30 heavy (non-hydrogen) atoms. The Morgan fingerprint density at radius 2 is 1.83 bits per heavy atom. The van der Waals surface area contributed by atoms with E-state index in [0.29, 0.717) is 23.6 Å². The second-order valence-electron chi connectivity index (χ2n) is 7.98. The molecule has 6 nitrogen and oxygen atoms in total. The summed E-state index contributed by atoms with van der Waals surface area (Å²) in [6, 6.07) is 18.5. The zero-order valence-electron chi connectivity index (χ0n) is 17.3. The van der Waals surface area contributed by atoms with Crippen LogP contribution in [0.1, 0.15) is 52.2 Å². The molecule has 0 bridgehead atoms. The van der Waals surface area contributed by atoms with Crippen molar-refractivity contribution >= 4 is 11.6 Å². The van der Waals surface area contributed by atoms with Crippen LogP contribution in [0.4, 0.5) is 5.69 Å². The predicted molar refractivity (Wildman–Crippen MR) is 118 cm³/mol. The number of H-pyrrole nitrogens is 1. The molecule has 2 N–H and O–H groups in total. The van der Waals surface area contributed by atoms with Gasteiger partial charge in [0.2, 0.25) is 0 Å². The second-order valence-corrected chi connectivity index (χ2v) is 7.98. The number of hydrogen-bond donors (Lipinski definition) is 2. The third-order valence-corrected chi connectivity index (χ3v) is 5.34. The number of nitrogens with one attached hydrogen (secondary N) is 2. The fourth-order valence-corrected chi connectivity index (χ4v) is 3.48. The summed E-state index contributed by atoms with van der Waals surface area (Å²) in [6.45, 7) is 0. The van der Waals surface area contributed by atoms with E-state index in [-0.39, 0.29) is 17.5 Å². The van der Waals surface area contributed by atoms with Gasteiger partial charge in [-0.15, -0.1) is 0 Å². The lowest BCUT2D eigenvalue weighted by Gasteiger charge is -2.20. The van der Waals surface area contributed by atoms with Crippen LogP contribution in [0.3, 0.4) is 0 Å². The number of nitrogens with zero attached hydrogens (tertiary/aromatic N) is 2. The highest BCUT2D eigenvalue weighted by molar-refractivity contribution is 5.94. The van der Waals surface area contributed by atoms with E-state index in [4.69, 9.17) is 0 Å². The summed E-state index contributed by atoms with van der Waals surface area (Å²) in [5.41, 5.74) is 3.16. The number of benzene rings is 2. The maximum absolute atomic E-state index is 12.9. The van der Waals surface area contributed by atoms with Crippen LogP contribution >= 0.6 is 0 Å². The van der Waals surface area contributed by atoms with Crippen molar-refractivity contribution in [1.29, 1.82) is 0 Å². The quantitative estimate of drug-likeness (QED) is 0.635. The second kappa shape index (κ2) is 8.53. The average Bonchev–Trinajstić information content (AvgIpc) is 3.59. The molecule has 1 atom stereocenters. The molecule has 0 aliphatic heterocycles. The van der Waals surface area contributed by atoms with Gasteiger partial charge in [-0.3, -0.25) is 9.59 Å². The standard InChI is InChI=1S/C24H26N4O2/c1-28(2)20-12-10-18(11-13-20)24(30)26-21(16-6-4-3-5-7-16)14-19-15-22(29)27-23(25-19)17-8-9-17/h3-7,10-13,15,17,21H,8-9,14H2,1-2H3,(H,26,30)(H,25,27,29). The molecule has 6 heteroatoms. The van der Waals surface area contributed by atoms with Crippen LogP contribution in [0.15, 0.2) is 65.5 Å². The number of amides is 1. The van der Waals surface area contributed by atoms with E-state index in [9.17, 15) is 9.59 Å². The summed E-state index contributed by atoms with van der Waals surface area (Å²) in [6.07, 6.45) is 2.58. The largest absolute Gasteiger partial charge is 0.378 e. The number of carbonyl (C=O) groups excluding carboxylic acids is 1. The zero-order chi connectivity index (χ0) is 21.1. The minimum absolute atomic E-state index is 0.140. The van der Waals surface area contributed by atoms with Gasteiger partial charge in [-0.2, -0.15) is 0 Å². The summed E-state index contributed by atoms with van der Waals surface area (Å²) < 4.78 is 0. The molecule has 1 amide bonds. The summed E-state index contributed by atoms with van der Waals surface area (Å²) in [7, 11) is 3.93. The van der Waals surface area contributed by atoms with Gasteiger partial charge < -0.3 is 15.2 Å². The van der Waals surface area contributed by atoms with Crippen molar-refractivity contribution in [3.05, 3.63) is 93.7 Å². The average molecular weight is 402 g/mol. The van der Waals surface area contributed by atoms with Crippen molar-refractivity contribution in [2.75, 3.05) is 19.0 Å². The number of aromatic amines is 1. The minimum atomic E-state index is -0.284. The normalized spacial score (nSPS) is 14.2. The molecule has 3 aromatic rings. The van der Waals surface area contributed by atoms with Gasteiger partial charge in [0.15, 0.2) is 0 Å². The van der Waals surface area contributed by atoms with Gasteiger partial charge in [-0.25, -0.2) is 4.98 Å². The van der Waals surface area contributed by atoms with Gasteiger partial charge in [0.05, 0.1) is 11.7 Å². The van der Waals surface area contributed by atoms with Crippen LogP contribution in [0.25, 0.3) is 0 Å². The molecule has 1 heterocycles. The Balaban J connectivity index is 1.57. The Bertz CT molecular complexity index is 1070. The molecule has 4 rings (SSSR count). The van der Waals surface area contributed by atoms with E-state index in [2.05, 4.69) is 15.3 Å². The van der Waals surface area contributed by atoms with Crippen LogP contribution in [0, 0.1) is 0 Å². The van der Waals surface area contributed by atoms with E-state index in [1.54, 1.807) is 0 Å². The van der Waals surface area contributed by atoms with Crippen LogP contribution < -0.4 is 15.8 Å². The monoisotopic (exact) mass is 402 g/mol. The molecule has 2 aromatic carbocycles. The first-order valence-corrected chi connectivity index (χ1v) is 10.2. The Labute approximate surface area is 176 Å². The van der Waals surface area contributed by atoms with Crippen molar-refractivity contribution in [1.82, 2.24) is 15.3 Å². The molecule has 1 aliphatic carbocycles. The van der Waals surface area contributed by atoms with Crippen LogP contribution in [-0.2, 0) is 6.42 Å². The van der Waals surface area contributed by atoms with Gasteiger partial charge in [0.1, 0.15) is 5.82 Å². The van der Waals surface area contributed by atoms with E-state index in [0.717, 1.165) is 29.9 Å². The first-order chi connectivity index (χ1) is 14.5. The Morgan fingerprint density at radius 3 is 2.47 bits per heavy atom. The molecule has 1 saturated carbocycles. The first kappa shape index (κ1) is 19.9. The van der Waals surface area contributed by atoms with Crippen molar-refractivity contribution in [3.63, 3.8) is 0 Å². The number of aromatic nitrogens is 2. The van der Waals surface area contributed by atoms with E-state index >= 15 is 0 Å². The molecule has 0 spiro atoms. The number of carbonyl (C=O) groups is 1. The fourth-order valence-electron chi connectivity index (χ4n) is 3.48. The highest BCUT2D eigenvalue weighted by Gasteiger charge is 2.27. The minimum Gasteiger partial charge on any atom is -0.378 e. The predicted octanol–water partition coefficient (Wildman–Crippen LogP) is 3.43. The third kappa shape index (κ3) is 4.76. The summed E-state index contributed by atoms with van der Waals surface area (Å²) >= 11 is 0. The number of hydrogen-bond acceptors (Lipinski definition) is 4. The van der Waals surface area contributed by atoms with E-state index < -0.39 is 0 Å². The van der Waals surface area contributed by atoms with Crippen molar-refractivity contribution in [2.24, 2.45) is 0 Å². The molecule has 154 valence electrons. The Morgan fingerprint density at radius 1 is 1.13 bits per heavy atom. The molecule has 0 radical (unpaired) electrons. The first-order valence-electron chi connectivity index (χ1n) is 10.2. The van der Waals surface area contributed by atoms with Crippen LogP contribution in [0.2, 0.25) is 0 Å². The van der Waals surface area contributed by atoms with Crippen molar-refractivity contribution in [2.45, 2.75) is 31.2 Å². The summed E-state index contributed by atoms with van der Waals surface area (Å²) in [5.74, 6) is 0.967. The highest BCUT2D eigenvalue weighted by atomic mass is 16.1. The zero-order valence-corrected chi connectivity index (χ0v) is 17.3. The topological polar surface area (TPSA) is 78.1 Å². The van der Waals surface area contributed by atoms with Crippen LogP contribution in [-0.4, -0.2) is 30.0 Å². The molecule has 1 fully saturated rings. The molecule has 1 aromatic heterocycles. The van der Waals surface area contributed by atoms with E-state index in [1.807, 2.05) is 73.6 Å². The maximum Gasteiger partial charge on any atom is 0.251 e. The SMILES string of the molecule is CN(C)c1ccc(C(=O)NC(Cc2cc(=O)[nH]c(C3CC3)n2)c2ccccc2)cc1. The van der Waals surface area contributed by atoms with Gasteiger partial charge in [0.25, 0.3) is 11.5 Å². The highest BCUT2D eigenvalue weighted by Crippen LogP contribution is 2.37. The lowest BCUT2D eigenvalue weighted by Crippen LogP contribution is -2.30. The van der Waals surface area contributed by atoms with Gasteiger partial charge in [0, 0.05) is 43.8 Å². The summed E-state index contributed by atoms with van der Waals surface area (Å²) in [5, 5.41) is 3.13. The van der Waals surface area contributed by atoms with Crippen LogP contribution in [0.5, 0.6) is 0 Å².